The molecule has 2 heterocycles. The van der Waals surface area contributed by atoms with E-state index in [9.17, 15) is 18.5 Å². The zero-order valence-corrected chi connectivity index (χ0v) is 16.7. The zero-order valence-electron chi connectivity index (χ0n) is 15.9. The van der Waals surface area contributed by atoms with Gasteiger partial charge in [-0.05, 0) is 33.0 Å². The molecule has 3 rings (SSSR count). The van der Waals surface area contributed by atoms with Crippen molar-refractivity contribution in [3.63, 3.8) is 0 Å². The van der Waals surface area contributed by atoms with Crippen LogP contribution < -0.4 is 4.90 Å². The van der Waals surface area contributed by atoms with Crippen LogP contribution in [0.4, 0.5) is 11.4 Å². The highest BCUT2D eigenvalue weighted by Gasteiger charge is 2.32. The van der Waals surface area contributed by atoms with E-state index >= 15 is 0 Å². The third-order valence-corrected chi connectivity index (χ3v) is 6.90. The molecule has 2 atom stereocenters. The minimum atomic E-state index is -3.75. The lowest BCUT2D eigenvalue weighted by Gasteiger charge is -2.36. The van der Waals surface area contributed by atoms with E-state index in [1.807, 2.05) is 25.8 Å². The molecule has 2 saturated heterocycles. The van der Waals surface area contributed by atoms with Crippen molar-refractivity contribution < 1.29 is 18.1 Å². The molecule has 0 radical (unpaired) electrons. The maximum absolute atomic E-state index is 12.9. The fourth-order valence-electron chi connectivity index (χ4n) is 3.63. The van der Waals surface area contributed by atoms with Gasteiger partial charge in [-0.1, -0.05) is 0 Å². The van der Waals surface area contributed by atoms with E-state index in [1.165, 1.54) is 16.4 Å². The standard InChI is InChI=1S/C17H26N4O5S/c1-13-11-19(12-14(2)26-13)16-5-4-15(10-17(16)21(22)23)27(24,25)20-8-6-18(3)7-9-20/h4-5,10,13-14H,6-9,11-12H2,1-3H3/t13-,14-/m1/s1. The molecule has 1 aromatic carbocycles. The lowest BCUT2D eigenvalue weighted by atomic mass is 10.2. The van der Waals surface area contributed by atoms with Gasteiger partial charge >= 0.3 is 0 Å². The van der Waals surface area contributed by atoms with Crippen molar-refractivity contribution in [3.05, 3.63) is 28.3 Å². The van der Waals surface area contributed by atoms with Crippen molar-refractivity contribution >= 4 is 21.4 Å². The number of hydrogen-bond donors (Lipinski definition) is 0. The molecule has 150 valence electrons. The van der Waals surface area contributed by atoms with Crippen molar-refractivity contribution in [2.45, 2.75) is 31.0 Å². The number of rotatable bonds is 4. The van der Waals surface area contributed by atoms with Gasteiger partial charge in [0.2, 0.25) is 10.0 Å². The van der Waals surface area contributed by atoms with Crippen molar-refractivity contribution in [1.82, 2.24) is 9.21 Å². The highest BCUT2D eigenvalue weighted by molar-refractivity contribution is 7.89. The number of nitrogens with zero attached hydrogens (tertiary/aromatic N) is 4. The van der Waals surface area contributed by atoms with Crippen LogP contribution in [-0.2, 0) is 14.8 Å². The summed E-state index contributed by atoms with van der Waals surface area (Å²) < 4.78 is 32.9. The van der Waals surface area contributed by atoms with Crippen molar-refractivity contribution in [3.8, 4) is 0 Å². The van der Waals surface area contributed by atoms with Crippen LogP contribution in [0, 0.1) is 10.1 Å². The summed E-state index contributed by atoms with van der Waals surface area (Å²) in [6, 6.07) is 4.21. The molecule has 2 fully saturated rings. The van der Waals surface area contributed by atoms with Gasteiger partial charge in [0, 0.05) is 45.3 Å². The summed E-state index contributed by atoms with van der Waals surface area (Å²) in [7, 11) is -1.81. The number of sulfonamides is 1. The molecule has 1 aromatic rings. The van der Waals surface area contributed by atoms with Gasteiger partial charge in [-0.25, -0.2) is 8.42 Å². The quantitative estimate of drug-likeness (QED) is 0.554. The number of benzene rings is 1. The smallest absolute Gasteiger partial charge is 0.293 e. The maximum atomic E-state index is 12.9. The normalized spacial score (nSPS) is 25.5. The third kappa shape index (κ3) is 4.23. The Labute approximate surface area is 159 Å². The van der Waals surface area contributed by atoms with Crippen LogP contribution in [0.5, 0.6) is 0 Å². The molecule has 0 amide bonds. The highest BCUT2D eigenvalue weighted by Crippen LogP contribution is 2.33. The van der Waals surface area contributed by atoms with E-state index < -0.39 is 14.9 Å². The number of anilines is 1. The van der Waals surface area contributed by atoms with Crippen LogP contribution in [0.15, 0.2) is 23.1 Å². The van der Waals surface area contributed by atoms with Gasteiger partial charge in [-0.2, -0.15) is 4.31 Å². The summed E-state index contributed by atoms with van der Waals surface area (Å²) in [5.74, 6) is 0. The molecule has 0 saturated carbocycles. The molecular formula is C17H26N4O5S. The number of morpholine rings is 1. The van der Waals surface area contributed by atoms with Gasteiger partial charge in [0.15, 0.2) is 0 Å². The Morgan fingerprint density at radius 2 is 1.70 bits per heavy atom. The van der Waals surface area contributed by atoms with Crippen molar-refractivity contribution in [2.24, 2.45) is 0 Å². The summed E-state index contributed by atoms with van der Waals surface area (Å²) in [4.78, 5) is 15.1. The van der Waals surface area contributed by atoms with E-state index in [1.54, 1.807) is 6.07 Å². The van der Waals surface area contributed by atoms with Crippen LogP contribution in [0.3, 0.4) is 0 Å². The lowest BCUT2D eigenvalue weighted by molar-refractivity contribution is -0.384. The van der Waals surface area contributed by atoms with Gasteiger partial charge in [0.05, 0.1) is 22.0 Å². The first kappa shape index (κ1) is 20.0. The average molecular weight is 398 g/mol. The Hall–Kier alpha value is -1.75. The molecule has 10 heteroatoms. The Balaban J connectivity index is 1.93. The topological polar surface area (TPSA) is 96.2 Å². The molecular weight excluding hydrogens is 372 g/mol. The lowest BCUT2D eigenvalue weighted by Crippen LogP contribution is -2.47. The highest BCUT2D eigenvalue weighted by atomic mass is 32.2. The summed E-state index contributed by atoms with van der Waals surface area (Å²) in [5.41, 5.74) is 0.242. The molecule has 0 aromatic heterocycles. The fraction of sp³-hybridized carbons (Fsp3) is 0.647. The molecule has 0 aliphatic carbocycles. The minimum absolute atomic E-state index is 0.0307. The SMILES string of the molecule is C[C@@H]1CN(c2ccc(S(=O)(=O)N3CCN(C)CC3)cc2[N+](=O)[O-])C[C@@H](C)O1. The number of ether oxygens (including phenoxy) is 1. The van der Waals surface area contributed by atoms with E-state index in [4.69, 9.17) is 4.74 Å². The second kappa shape index (κ2) is 7.70. The van der Waals surface area contributed by atoms with E-state index in [2.05, 4.69) is 4.90 Å². The molecule has 2 aliphatic heterocycles. The summed E-state index contributed by atoms with van der Waals surface area (Å²) >= 11 is 0. The average Bonchev–Trinajstić information content (AvgIpc) is 2.60. The minimum Gasteiger partial charge on any atom is -0.372 e. The van der Waals surface area contributed by atoms with Crippen LogP contribution in [0.1, 0.15) is 13.8 Å². The summed E-state index contributed by atoms with van der Waals surface area (Å²) in [5, 5.41) is 11.7. The Morgan fingerprint density at radius 3 is 2.26 bits per heavy atom. The van der Waals surface area contributed by atoms with Gasteiger partial charge < -0.3 is 14.5 Å². The Kier molecular flexibility index (Phi) is 5.71. The monoisotopic (exact) mass is 398 g/mol. The van der Waals surface area contributed by atoms with Crippen molar-refractivity contribution in [1.29, 1.82) is 0 Å². The first-order valence-electron chi connectivity index (χ1n) is 9.06. The zero-order chi connectivity index (χ0) is 19.8. The van der Waals surface area contributed by atoms with Crippen LogP contribution >= 0.6 is 0 Å². The maximum Gasteiger partial charge on any atom is 0.293 e. The Bertz CT molecular complexity index is 798. The van der Waals surface area contributed by atoms with Gasteiger partial charge in [0.1, 0.15) is 5.69 Å². The van der Waals surface area contributed by atoms with Crippen LogP contribution in [0.2, 0.25) is 0 Å². The molecule has 27 heavy (non-hydrogen) atoms. The van der Waals surface area contributed by atoms with Crippen LogP contribution in [0.25, 0.3) is 0 Å². The molecule has 2 aliphatic rings. The van der Waals surface area contributed by atoms with Crippen LogP contribution in [-0.4, -0.2) is 81.1 Å². The predicted octanol–water partition coefficient (Wildman–Crippen LogP) is 1.14. The number of nitro benzene ring substituents is 1. The Morgan fingerprint density at radius 1 is 1.11 bits per heavy atom. The predicted molar refractivity (Wildman–Crippen MR) is 102 cm³/mol. The number of piperazine rings is 1. The summed E-state index contributed by atoms with van der Waals surface area (Å²) in [6.07, 6.45) is -0.107. The number of likely N-dealkylation sites (N-methyl/N-ethyl adjacent to an activating group) is 1. The van der Waals surface area contributed by atoms with Gasteiger partial charge in [0.25, 0.3) is 5.69 Å². The second-order valence-electron chi connectivity index (χ2n) is 7.28. The molecule has 0 unspecified atom stereocenters. The second-order valence-corrected chi connectivity index (χ2v) is 9.22. The number of nitro groups is 1. The first-order valence-corrected chi connectivity index (χ1v) is 10.5. The van der Waals surface area contributed by atoms with E-state index in [0.717, 1.165) is 0 Å². The number of hydrogen-bond acceptors (Lipinski definition) is 7. The first-order chi connectivity index (χ1) is 12.7. The largest absolute Gasteiger partial charge is 0.372 e. The van der Waals surface area contributed by atoms with E-state index in [0.29, 0.717) is 45.0 Å². The molecule has 0 N–H and O–H groups in total. The van der Waals surface area contributed by atoms with Gasteiger partial charge in [-0.15, -0.1) is 0 Å². The molecule has 9 nitrogen and oxygen atoms in total. The van der Waals surface area contributed by atoms with E-state index in [-0.39, 0.29) is 22.8 Å². The summed E-state index contributed by atoms with van der Waals surface area (Å²) in [6.45, 7) is 6.93. The molecule has 0 bridgehead atoms. The third-order valence-electron chi connectivity index (χ3n) is 5.00. The van der Waals surface area contributed by atoms with Gasteiger partial charge in [-0.3, -0.25) is 10.1 Å². The fourth-order valence-corrected chi connectivity index (χ4v) is 5.07. The molecule has 0 spiro atoms. The van der Waals surface area contributed by atoms with Crippen molar-refractivity contribution in [2.75, 3.05) is 51.2 Å².